The molecule has 1 aromatic heterocycles. The van der Waals surface area contributed by atoms with Crippen molar-refractivity contribution in [2.75, 3.05) is 20.1 Å². The summed E-state index contributed by atoms with van der Waals surface area (Å²) in [5.41, 5.74) is 5.75. The Kier molecular flexibility index (Phi) is 7.99. The summed E-state index contributed by atoms with van der Waals surface area (Å²) in [4.78, 5) is 15.0. The van der Waals surface area contributed by atoms with Crippen molar-refractivity contribution in [3.63, 3.8) is 0 Å². The van der Waals surface area contributed by atoms with Crippen LogP contribution >= 0.6 is 0 Å². The number of amides is 1. The van der Waals surface area contributed by atoms with Crippen LogP contribution in [0.1, 0.15) is 52.1 Å². The zero-order valence-corrected chi connectivity index (χ0v) is 23.0. The van der Waals surface area contributed by atoms with Crippen LogP contribution in [-0.2, 0) is 21.4 Å². The van der Waals surface area contributed by atoms with Gasteiger partial charge in [-0.05, 0) is 68.9 Å². The van der Waals surface area contributed by atoms with Gasteiger partial charge in [-0.3, -0.25) is 4.79 Å². The van der Waals surface area contributed by atoms with Crippen molar-refractivity contribution >= 4 is 28.1 Å². The molecule has 7 nitrogen and oxygen atoms in total. The molecule has 196 valence electrons. The molecule has 4 rings (SSSR count). The van der Waals surface area contributed by atoms with Crippen LogP contribution in [0.5, 0.6) is 0 Å². The summed E-state index contributed by atoms with van der Waals surface area (Å²) in [6.45, 7) is 8.73. The van der Waals surface area contributed by atoms with Crippen LogP contribution in [0.2, 0.25) is 0 Å². The molecule has 0 N–H and O–H groups in total. The maximum absolute atomic E-state index is 13.8. The van der Waals surface area contributed by atoms with Gasteiger partial charge in [0.15, 0.2) is 10.7 Å². The molecule has 1 aliphatic heterocycles. The van der Waals surface area contributed by atoms with Gasteiger partial charge >= 0.3 is 0 Å². The number of nitrogens with zero attached hydrogens (tertiary/aromatic N) is 3. The minimum Gasteiger partial charge on any atom is -0.355 e. The van der Waals surface area contributed by atoms with E-state index in [1.807, 2.05) is 57.2 Å². The number of carbonyl (C=O) groups excluding carboxylic acids is 1. The summed E-state index contributed by atoms with van der Waals surface area (Å²) < 4.78 is 34.4. The lowest BCUT2D eigenvalue weighted by Gasteiger charge is -2.33. The third-order valence-electron chi connectivity index (χ3n) is 6.94. The quantitative estimate of drug-likeness (QED) is 0.430. The maximum atomic E-state index is 13.8. The van der Waals surface area contributed by atoms with Crippen LogP contribution in [0.15, 0.2) is 51.9 Å². The number of benzene rings is 2. The summed E-state index contributed by atoms with van der Waals surface area (Å²) in [5, 5.41) is 3.97. The monoisotopic (exact) mass is 521 g/mol. The van der Waals surface area contributed by atoms with E-state index in [1.165, 1.54) is 9.87 Å². The molecular formula is C29H35N3O4S. The molecule has 3 aromatic rings. The Balaban J connectivity index is 1.55. The molecule has 0 saturated carbocycles. The van der Waals surface area contributed by atoms with Gasteiger partial charge in [-0.15, -0.1) is 0 Å². The minimum atomic E-state index is -3.91. The van der Waals surface area contributed by atoms with E-state index in [0.29, 0.717) is 31.6 Å². The first-order chi connectivity index (χ1) is 17.6. The predicted molar refractivity (Wildman–Crippen MR) is 145 cm³/mol. The number of hydrogen-bond donors (Lipinski definition) is 0. The standard InChI is InChI=1S/C29H35N3O4S/c1-20-16-21(2)26(22(3)17-20)13-14-27-28(23(4)30-36-27)37(34,35)32-15-9-12-25(19-32)29(33)31(5)18-24-10-7-6-8-11-24/h6-8,10-11,13-14,16-17,25H,9,12,15,18-19H2,1-5H3/b14-13+/t25-/m1/s1. The maximum Gasteiger partial charge on any atom is 0.248 e. The minimum absolute atomic E-state index is 0.0452. The van der Waals surface area contributed by atoms with Gasteiger partial charge in [-0.2, -0.15) is 4.31 Å². The highest BCUT2D eigenvalue weighted by Gasteiger charge is 2.37. The molecule has 2 aromatic carbocycles. The fourth-order valence-corrected chi connectivity index (χ4v) is 6.92. The second-order valence-electron chi connectivity index (χ2n) is 9.99. The molecule has 0 spiro atoms. The SMILES string of the molecule is Cc1cc(C)c(/C=C/c2onc(C)c2S(=O)(=O)N2CCC[C@@H](C(=O)N(C)Cc3ccccc3)C2)c(C)c1. The van der Waals surface area contributed by atoms with E-state index in [1.54, 1.807) is 24.9 Å². The van der Waals surface area contributed by atoms with Crippen molar-refractivity contribution in [1.29, 1.82) is 0 Å². The average molecular weight is 522 g/mol. The zero-order valence-electron chi connectivity index (χ0n) is 22.2. The molecule has 1 fully saturated rings. The second-order valence-corrected chi connectivity index (χ2v) is 11.9. The fraction of sp³-hybridized carbons (Fsp3) is 0.379. The summed E-state index contributed by atoms with van der Waals surface area (Å²) in [6, 6.07) is 14.0. The van der Waals surface area contributed by atoms with E-state index < -0.39 is 15.9 Å². The van der Waals surface area contributed by atoms with Crippen LogP contribution < -0.4 is 0 Å². The molecular weight excluding hydrogens is 486 g/mol. The van der Waals surface area contributed by atoms with Crippen LogP contribution in [0.25, 0.3) is 12.2 Å². The van der Waals surface area contributed by atoms with Crippen molar-refractivity contribution in [2.24, 2.45) is 5.92 Å². The van der Waals surface area contributed by atoms with Crippen LogP contribution in [0.3, 0.4) is 0 Å². The summed E-state index contributed by atoms with van der Waals surface area (Å²) >= 11 is 0. The first-order valence-electron chi connectivity index (χ1n) is 12.6. The van der Waals surface area contributed by atoms with E-state index in [2.05, 4.69) is 17.3 Å². The second kappa shape index (κ2) is 11.0. The zero-order chi connectivity index (χ0) is 26.7. The molecule has 0 radical (unpaired) electrons. The molecule has 1 atom stereocenters. The van der Waals surface area contributed by atoms with Crippen LogP contribution in [0.4, 0.5) is 0 Å². The molecule has 37 heavy (non-hydrogen) atoms. The third-order valence-corrected chi connectivity index (χ3v) is 8.97. The van der Waals surface area contributed by atoms with Gasteiger partial charge in [0.05, 0.1) is 5.92 Å². The number of piperidine rings is 1. The molecule has 2 heterocycles. The number of hydrogen-bond acceptors (Lipinski definition) is 5. The highest BCUT2D eigenvalue weighted by atomic mass is 32.2. The highest BCUT2D eigenvalue weighted by Crippen LogP contribution is 2.30. The molecule has 1 amide bonds. The van der Waals surface area contributed by atoms with Gasteiger partial charge in [0.1, 0.15) is 5.69 Å². The largest absolute Gasteiger partial charge is 0.355 e. The Morgan fingerprint density at radius 2 is 1.78 bits per heavy atom. The molecule has 1 aliphatic rings. The topological polar surface area (TPSA) is 83.7 Å². The normalized spacial score (nSPS) is 16.8. The number of carbonyl (C=O) groups is 1. The molecule has 0 aliphatic carbocycles. The third kappa shape index (κ3) is 5.86. The smallest absolute Gasteiger partial charge is 0.248 e. The number of aryl methyl sites for hydroxylation is 4. The van der Waals surface area contributed by atoms with Gasteiger partial charge < -0.3 is 9.42 Å². The summed E-state index contributed by atoms with van der Waals surface area (Å²) in [7, 11) is -2.14. The lowest BCUT2D eigenvalue weighted by Crippen LogP contribution is -2.45. The lowest BCUT2D eigenvalue weighted by molar-refractivity contribution is -0.135. The van der Waals surface area contributed by atoms with Crippen LogP contribution in [0, 0.1) is 33.6 Å². The highest BCUT2D eigenvalue weighted by molar-refractivity contribution is 7.89. The van der Waals surface area contributed by atoms with Gasteiger partial charge in [-0.1, -0.05) is 59.3 Å². The Bertz CT molecular complexity index is 1390. The molecule has 0 bridgehead atoms. The summed E-state index contributed by atoms with van der Waals surface area (Å²) in [6.07, 6.45) is 4.83. The number of rotatable bonds is 7. The first-order valence-corrected chi connectivity index (χ1v) is 14.0. The Morgan fingerprint density at radius 1 is 1.11 bits per heavy atom. The first kappa shape index (κ1) is 26.8. The van der Waals surface area contributed by atoms with E-state index >= 15 is 0 Å². The van der Waals surface area contributed by atoms with Gasteiger partial charge in [0, 0.05) is 26.7 Å². The van der Waals surface area contributed by atoms with Gasteiger partial charge in [0.25, 0.3) is 0 Å². The number of aromatic nitrogens is 1. The molecule has 8 heteroatoms. The molecule has 0 unspecified atom stereocenters. The van der Waals surface area contributed by atoms with Crippen molar-refractivity contribution < 1.29 is 17.7 Å². The van der Waals surface area contributed by atoms with Crippen molar-refractivity contribution in [2.45, 2.75) is 52.0 Å². The average Bonchev–Trinajstić information content (AvgIpc) is 3.24. The van der Waals surface area contributed by atoms with E-state index in [0.717, 1.165) is 22.3 Å². The van der Waals surface area contributed by atoms with Gasteiger partial charge in [-0.25, -0.2) is 8.42 Å². The van der Waals surface area contributed by atoms with Crippen molar-refractivity contribution in [3.05, 3.63) is 81.7 Å². The van der Waals surface area contributed by atoms with Crippen LogP contribution in [-0.4, -0.2) is 48.8 Å². The predicted octanol–water partition coefficient (Wildman–Crippen LogP) is 5.14. The Hall–Kier alpha value is -3.23. The Labute approximate surface area is 219 Å². The lowest BCUT2D eigenvalue weighted by atomic mass is 9.98. The van der Waals surface area contributed by atoms with Gasteiger partial charge in [0.2, 0.25) is 15.9 Å². The van der Waals surface area contributed by atoms with Crippen molar-refractivity contribution in [3.8, 4) is 0 Å². The van der Waals surface area contributed by atoms with Crippen molar-refractivity contribution in [1.82, 2.24) is 14.4 Å². The van der Waals surface area contributed by atoms with E-state index in [4.69, 9.17) is 4.52 Å². The van der Waals surface area contributed by atoms with E-state index in [9.17, 15) is 13.2 Å². The summed E-state index contributed by atoms with van der Waals surface area (Å²) in [5.74, 6) is -0.239. The fourth-order valence-electron chi connectivity index (χ4n) is 5.15. The van der Waals surface area contributed by atoms with E-state index in [-0.39, 0.29) is 23.1 Å². The number of sulfonamides is 1. The Morgan fingerprint density at radius 3 is 2.46 bits per heavy atom. The molecule has 1 saturated heterocycles.